The van der Waals surface area contributed by atoms with E-state index < -0.39 is 9.84 Å². The molecule has 0 aliphatic rings. The molecule has 0 bridgehead atoms. The molecule has 3 heterocycles. The number of pyridine rings is 1. The molecule has 4 aromatic rings. The highest BCUT2D eigenvalue weighted by Gasteiger charge is 2.10. The molecular weight excluding hydrogens is 354 g/mol. The number of nitrogens with zero attached hydrogens (tertiary/aromatic N) is 3. The van der Waals surface area contributed by atoms with Crippen molar-refractivity contribution < 1.29 is 8.42 Å². The molecule has 5 nitrogen and oxygen atoms in total. The van der Waals surface area contributed by atoms with Gasteiger partial charge < -0.3 is 0 Å². The Hall–Kier alpha value is -2.51. The smallest absolute Gasteiger partial charge is 0.175 e. The molecule has 4 rings (SSSR count). The highest BCUT2D eigenvalue weighted by atomic mass is 32.2. The Kier molecular flexibility index (Phi) is 3.89. The van der Waals surface area contributed by atoms with Crippen molar-refractivity contribution in [2.24, 2.45) is 0 Å². The Morgan fingerprint density at radius 2 is 1.92 bits per heavy atom. The van der Waals surface area contributed by atoms with E-state index in [2.05, 4.69) is 21.5 Å². The van der Waals surface area contributed by atoms with E-state index in [4.69, 9.17) is 0 Å². The predicted octanol–water partition coefficient (Wildman–Crippen LogP) is 3.61. The van der Waals surface area contributed by atoms with Crippen LogP contribution in [0.15, 0.2) is 65.1 Å². The first-order valence-corrected chi connectivity index (χ1v) is 10.4. The van der Waals surface area contributed by atoms with Crippen LogP contribution < -0.4 is 0 Å². The van der Waals surface area contributed by atoms with Crippen molar-refractivity contribution in [3.8, 4) is 11.3 Å². The Bertz CT molecular complexity index is 1130. The van der Waals surface area contributed by atoms with Crippen molar-refractivity contribution in [1.82, 2.24) is 14.8 Å². The van der Waals surface area contributed by atoms with Crippen molar-refractivity contribution in [3.05, 3.63) is 65.1 Å². The maximum atomic E-state index is 11.6. The molecule has 126 valence electrons. The highest BCUT2D eigenvalue weighted by Crippen LogP contribution is 2.24. The van der Waals surface area contributed by atoms with Crippen LogP contribution in [0, 0.1) is 0 Å². The molecule has 0 aliphatic heterocycles. The number of rotatable bonds is 4. The third kappa shape index (κ3) is 3.20. The molecule has 0 saturated heterocycles. The van der Waals surface area contributed by atoms with Crippen molar-refractivity contribution in [2.75, 3.05) is 6.26 Å². The molecule has 0 N–H and O–H groups in total. The fourth-order valence-corrected chi connectivity index (χ4v) is 4.00. The summed E-state index contributed by atoms with van der Waals surface area (Å²) in [5.74, 6) is 0. The van der Waals surface area contributed by atoms with Gasteiger partial charge in [0.1, 0.15) is 0 Å². The topological polar surface area (TPSA) is 64.8 Å². The summed E-state index contributed by atoms with van der Waals surface area (Å²) in [6.07, 6.45) is 4.81. The first-order chi connectivity index (χ1) is 12.0. The van der Waals surface area contributed by atoms with Crippen molar-refractivity contribution in [1.29, 1.82) is 0 Å². The van der Waals surface area contributed by atoms with Gasteiger partial charge in [-0.2, -0.15) is 5.10 Å². The minimum atomic E-state index is -3.20. The molecule has 0 amide bonds. The van der Waals surface area contributed by atoms with Crippen LogP contribution in [0.5, 0.6) is 0 Å². The Balaban J connectivity index is 1.73. The molecule has 0 spiro atoms. The molecule has 0 radical (unpaired) electrons. The second-order valence-corrected chi connectivity index (χ2v) is 8.85. The molecule has 1 aromatic carbocycles. The van der Waals surface area contributed by atoms with Gasteiger partial charge in [-0.05, 0) is 29.6 Å². The van der Waals surface area contributed by atoms with Gasteiger partial charge in [0.05, 0.1) is 28.8 Å². The van der Waals surface area contributed by atoms with Gasteiger partial charge in [-0.3, -0.25) is 9.67 Å². The molecule has 3 aromatic heterocycles. The zero-order chi connectivity index (χ0) is 17.4. The molecule has 25 heavy (non-hydrogen) atoms. The van der Waals surface area contributed by atoms with Crippen molar-refractivity contribution >= 4 is 32.1 Å². The number of aromatic nitrogens is 3. The predicted molar refractivity (Wildman–Crippen MR) is 99.5 cm³/mol. The van der Waals surface area contributed by atoms with Crippen LogP contribution in [0.25, 0.3) is 22.2 Å². The summed E-state index contributed by atoms with van der Waals surface area (Å²) in [5.41, 5.74) is 2.67. The maximum Gasteiger partial charge on any atom is 0.175 e. The Morgan fingerprint density at radius 3 is 2.60 bits per heavy atom. The SMILES string of the molecule is CS(=O)(=O)c1ccc(-c2cc3c(cn2)cnn3Cc2cccs2)cc1. The quantitative estimate of drug-likeness (QED) is 0.551. The summed E-state index contributed by atoms with van der Waals surface area (Å²) < 4.78 is 25.1. The molecule has 0 atom stereocenters. The van der Waals surface area contributed by atoms with Crippen molar-refractivity contribution in [2.45, 2.75) is 11.4 Å². The monoisotopic (exact) mass is 369 g/mol. The first kappa shape index (κ1) is 16.0. The van der Waals surface area contributed by atoms with Crippen LogP contribution in [0.2, 0.25) is 0 Å². The number of fused-ring (bicyclic) bond motifs is 1. The zero-order valence-corrected chi connectivity index (χ0v) is 15.1. The zero-order valence-electron chi connectivity index (χ0n) is 13.5. The summed E-state index contributed by atoms with van der Waals surface area (Å²) in [6.45, 7) is 0.720. The van der Waals surface area contributed by atoms with E-state index in [0.29, 0.717) is 4.90 Å². The minimum Gasteiger partial charge on any atom is -0.259 e. The Labute approximate surface area is 149 Å². The second-order valence-electron chi connectivity index (χ2n) is 5.81. The second kappa shape index (κ2) is 6.09. The van der Waals surface area contributed by atoms with E-state index in [1.807, 2.05) is 23.0 Å². The molecule has 0 aliphatic carbocycles. The van der Waals surface area contributed by atoms with E-state index in [1.165, 1.54) is 11.1 Å². The summed E-state index contributed by atoms with van der Waals surface area (Å²) in [7, 11) is -3.20. The Morgan fingerprint density at radius 1 is 1.12 bits per heavy atom. The molecule has 0 fully saturated rings. The van der Waals surface area contributed by atoms with Crippen LogP contribution in [0.4, 0.5) is 0 Å². The van der Waals surface area contributed by atoms with Crippen LogP contribution >= 0.6 is 11.3 Å². The standard InChI is InChI=1S/C18H15N3O2S2/c1-25(22,23)16-6-4-13(5-7-16)17-9-18-14(10-19-17)11-20-21(18)12-15-3-2-8-24-15/h2-11H,12H2,1H3. The van der Waals surface area contributed by atoms with Gasteiger partial charge in [0.15, 0.2) is 9.84 Å². The summed E-state index contributed by atoms with van der Waals surface area (Å²) in [6, 6.07) is 12.9. The summed E-state index contributed by atoms with van der Waals surface area (Å²) in [4.78, 5) is 6.02. The number of hydrogen-bond acceptors (Lipinski definition) is 5. The highest BCUT2D eigenvalue weighted by molar-refractivity contribution is 7.90. The van der Waals surface area contributed by atoms with Gasteiger partial charge in [-0.15, -0.1) is 11.3 Å². The minimum absolute atomic E-state index is 0.306. The van der Waals surface area contributed by atoms with E-state index >= 15 is 0 Å². The maximum absolute atomic E-state index is 11.6. The average molecular weight is 369 g/mol. The van der Waals surface area contributed by atoms with Gasteiger partial charge in [0.2, 0.25) is 0 Å². The van der Waals surface area contributed by atoms with Gasteiger partial charge >= 0.3 is 0 Å². The largest absolute Gasteiger partial charge is 0.259 e. The molecular formula is C18H15N3O2S2. The van der Waals surface area contributed by atoms with E-state index in [1.54, 1.807) is 41.8 Å². The number of benzene rings is 1. The van der Waals surface area contributed by atoms with Crippen LogP contribution in [-0.4, -0.2) is 29.4 Å². The normalized spacial score (nSPS) is 11.9. The summed E-state index contributed by atoms with van der Waals surface area (Å²) in [5, 5.41) is 7.49. The lowest BCUT2D eigenvalue weighted by Gasteiger charge is -2.05. The lowest BCUT2D eigenvalue weighted by atomic mass is 10.1. The van der Waals surface area contributed by atoms with E-state index in [9.17, 15) is 8.42 Å². The lowest BCUT2D eigenvalue weighted by molar-refractivity contribution is 0.602. The van der Waals surface area contributed by atoms with Gasteiger partial charge in [0.25, 0.3) is 0 Å². The number of hydrogen-bond donors (Lipinski definition) is 0. The first-order valence-electron chi connectivity index (χ1n) is 7.65. The molecule has 7 heteroatoms. The van der Waals surface area contributed by atoms with Gasteiger partial charge in [-0.25, -0.2) is 8.42 Å². The van der Waals surface area contributed by atoms with Gasteiger partial charge in [-0.1, -0.05) is 18.2 Å². The lowest BCUT2D eigenvalue weighted by Crippen LogP contribution is -2.00. The summed E-state index contributed by atoms with van der Waals surface area (Å²) >= 11 is 1.70. The van der Waals surface area contributed by atoms with Gasteiger partial charge in [0, 0.05) is 28.3 Å². The molecule has 0 unspecified atom stereocenters. The number of sulfone groups is 1. The fourth-order valence-electron chi connectivity index (χ4n) is 2.68. The van der Waals surface area contributed by atoms with Crippen LogP contribution in [-0.2, 0) is 16.4 Å². The van der Waals surface area contributed by atoms with E-state index in [0.717, 1.165) is 28.7 Å². The average Bonchev–Trinajstić information content (AvgIpc) is 3.24. The van der Waals surface area contributed by atoms with Crippen LogP contribution in [0.1, 0.15) is 4.88 Å². The van der Waals surface area contributed by atoms with Crippen LogP contribution in [0.3, 0.4) is 0 Å². The van der Waals surface area contributed by atoms with Crippen molar-refractivity contribution in [3.63, 3.8) is 0 Å². The third-order valence-corrected chi connectivity index (χ3v) is 5.98. The number of thiophene rings is 1. The van der Waals surface area contributed by atoms with E-state index in [-0.39, 0.29) is 0 Å². The molecule has 0 saturated carbocycles. The fraction of sp³-hybridized carbons (Fsp3) is 0.111. The third-order valence-electron chi connectivity index (χ3n) is 3.99.